The van der Waals surface area contributed by atoms with Crippen molar-refractivity contribution in [2.24, 2.45) is 0 Å². The number of nitrogens with one attached hydrogen (secondary N) is 2. The van der Waals surface area contributed by atoms with E-state index in [-0.39, 0.29) is 0 Å². The maximum absolute atomic E-state index is 4.77. The van der Waals surface area contributed by atoms with Gasteiger partial charge in [0.1, 0.15) is 0 Å². The molecule has 3 aliphatic heterocycles. The highest BCUT2D eigenvalue weighted by atomic mass is 16.4. The van der Waals surface area contributed by atoms with Gasteiger partial charge in [0.15, 0.2) is 0 Å². The third-order valence-electron chi connectivity index (χ3n) is 7.89. The van der Waals surface area contributed by atoms with Gasteiger partial charge in [0.25, 0.3) is 0 Å². The molecule has 7 heteroatoms. The van der Waals surface area contributed by atoms with Gasteiger partial charge >= 0.3 is 0 Å². The summed E-state index contributed by atoms with van der Waals surface area (Å²) in [4.78, 5) is 23.0. The molecule has 1 fully saturated rings. The Labute approximate surface area is 260 Å². The van der Waals surface area contributed by atoms with E-state index < -0.39 is 0 Å². The average Bonchev–Trinajstić information content (AvgIpc) is 3.86. The Morgan fingerprint density at radius 2 is 1.45 bits per heavy atom. The van der Waals surface area contributed by atoms with Gasteiger partial charge in [-0.05, 0) is 123 Å². The summed E-state index contributed by atoms with van der Waals surface area (Å²) in [6.07, 6.45) is 19.4. The number of methoxy groups -OCH3 is 1. The SMILES string of the molecule is CCCCCc1cc2cc3nc(cc4ccc(cc5nc(cc1[nH]2)C=C5)[nH]4)C=C3.CN1CCCC1c1cccnc1.COC. The molecule has 3 aliphatic rings. The van der Waals surface area contributed by atoms with Crippen LogP contribution in [0.25, 0.3) is 46.4 Å². The number of hydrogen-bond acceptors (Lipinski definition) is 5. The number of nitrogens with zero attached hydrogens (tertiary/aromatic N) is 4. The molecule has 8 bridgehead atoms. The molecule has 7 nitrogen and oxygen atoms in total. The van der Waals surface area contributed by atoms with Gasteiger partial charge in [-0.3, -0.25) is 9.88 Å². The van der Waals surface area contributed by atoms with Crippen molar-refractivity contribution in [1.82, 2.24) is 29.8 Å². The number of ether oxygens (including phenoxy) is 1. The highest BCUT2D eigenvalue weighted by Crippen LogP contribution is 2.29. The Bertz CT molecular complexity index is 1730. The maximum atomic E-state index is 4.77. The smallest absolute Gasteiger partial charge is 0.0658 e. The van der Waals surface area contributed by atoms with Crippen molar-refractivity contribution in [2.45, 2.75) is 51.5 Å². The fraction of sp³-hybridized carbons (Fsp3) is 0.324. The molecule has 4 aromatic rings. The van der Waals surface area contributed by atoms with E-state index in [1.165, 1.54) is 49.8 Å². The van der Waals surface area contributed by atoms with Gasteiger partial charge in [-0.2, -0.15) is 0 Å². The first-order valence-electron chi connectivity index (χ1n) is 15.6. The van der Waals surface area contributed by atoms with Crippen LogP contribution in [0.5, 0.6) is 0 Å². The summed E-state index contributed by atoms with van der Waals surface area (Å²) in [5.41, 5.74) is 10.8. The van der Waals surface area contributed by atoms with Crippen molar-refractivity contribution < 1.29 is 4.74 Å². The number of aromatic amines is 2. The molecular formula is C37H44N6O. The molecule has 44 heavy (non-hydrogen) atoms. The number of unbranched alkanes of at least 4 members (excludes halogenated alkanes) is 2. The molecule has 7 rings (SSSR count). The van der Waals surface area contributed by atoms with Crippen LogP contribution in [0.15, 0.2) is 67.0 Å². The first kappa shape index (κ1) is 31.1. The summed E-state index contributed by atoms with van der Waals surface area (Å²) in [5, 5.41) is 0. The molecule has 1 unspecified atom stereocenters. The van der Waals surface area contributed by atoms with Gasteiger partial charge < -0.3 is 14.7 Å². The zero-order valence-electron chi connectivity index (χ0n) is 26.4. The summed E-state index contributed by atoms with van der Waals surface area (Å²) >= 11 is 0. The number of likely N-dealkylation sites (tertiary alicyclic amines) is 1. The van der Waals surface area contributed by atoms with Crippen LogP contribution in [0.4, 0.5) is 0 Å². The molecule has 0 spiro atoms. The van der Waals surface area contributed by atoms with Gasteiger partial charge in [0.2, 0.25) is 0 Å². The van der Waals surface area contributed by atoms with Gasteiger partial charge in [0, 0.05) is 54.7 Å². The van der Waals surface area contributed by atoms with E-state index in [0.29, 0.717) is 6.04 Å². The topological polar surface area (TPSA) is 82.7 Å². The Morgan fingerprint density at radius 1 is 0.818 bits per heavy atom. The van der Waals surface area contributed by atoms with E-state index in [9.17, 15) is 0 Å². The quantitative estimate of drug-likeness (QED) is 0.197. The largest absolute Gasteiger partial charge is 0.388 e. The molecule has 0 aromatic carbocycles. The lowest BCUT2D eigenvalue weighted by Gasteiger charge is -2.18. The zero-order valence-corrected chi connectivity index (χ0v) is 26.4. The van der Waals surface area contributed by atoms with Crippen LogP contribution < -0.4 is 0 Å². The van der Waals surface area contributed by atoms with E-state index in [0.717, 1.165) is 51.3 Å². The lowest BCUT2D eigenvalue weighted by atomic mass is 10.1. The van der Waals surface area contributed by atoms with Crippen molar-refractivity contribution in [3.8, 4) is 0 Å². The number of pyridine rings is 1. The van der Waals surface area contributed by atoms with E-state index in [2.05, 4.69) is 111 Å². The summed E-state index contributed by atoms with van der Waals surface area (Å²) in [6, 6.07) is 19.6. The van der Waals surface area contributed by atoms with E-state index >= 15 is 0 Å². The minimum atomic E-state index is 0.610. The number of fused-ring (bicyclic) bond motifs is 8. The highest BCUT2D eigenvalue weighted by Gasteiger charge is 2.22. The van der Waals surface area contributed by atoms with Crippen LogP contribution in [-0.2, 0) is 11.2 Å². The predicted molar refractivity (Wildman–Crippen MR) is 184 cm³/mol. The van der Waals surface area contributed by atoms with Crippen molar-refractivity contribution in [1.29, 1.82) is 0 Å². The molecular weight excluding hydrogens is 544 g/mol. The van der Waals surface area contributed by atoms with Crippen LogP contribution in [0, 0.1) is 0 Å². The van der Waals surface area contributed by atoms with Crippen molar-refractivity contribution >= 4 is 46.4 Å². The molecule has 0 amide bonds. The standard InChI is InChI=1S/C25H24N4.C10H14N2.C2H6O/c1-2-3-4-5-17-12-24-15-22-9-8-20(27-22)13-18-6-7-19(26-18)14-21-10-11-23(28-21)16-25(17)29-24;1-12-7-3-5-10(12)9-4-2-6-11-8-9;1-3-2/h6-16,26,29H,2-5H2,1H3;2,4,6,8,10H,3,5,7H2,1H3;1-2H3. The monoisotopic (exact) mass is 588 g/mol. The van der Waals surface area contributed by atoms with Crippen molar-refractivity contribution in [3.05, 3.63) is 101 Å². The first-order chi connectivity index (χ1) is 21.5. The Kier molecular flexibility index (Phi) is 10.9. The second-order valence-electron chi connectivity index (χ2n) is 11.5. The Balaban J connectivity index is 0.000000212. The third kappa shape index (κ3) is 8.40. The fourth-order valence-corrected chi connectivity index (χ4v) is 5.75. The Morgan fingerprint density at radius 3 is 2.02 bits per heavy atom. The molecule has 7 heterocycles. The molecule has 0 radical (unpaired) electrons. The number of aryl methyl sites for hydroxylation is 1. The van der Waals surface area contributed by atoms with Gasteiger partial charge in [0.05, 0.1) is 22.8 Å². The summed E-state index contributed by atoms with van der Waals surface area (Å²) in [7, 11) is 5.44. The van der Waals surface area contributed by atoms with Crippen LogP contribution >= 0.6 is 0 Å². The summed E-state index contributed by atoms with van der Waals surface area (Å²) in [5.74, 6) is 0. The molecule has 2 N–H and O–H groups in total. The molecule has 1 saturated heterocycles. The highest BCUT2D eigenvalue weighted by molar-refractivity contribution is 5.78. The number of aromatic nitrogens is 5. The van der Waals surface area contributed by atoms with Gasteiger partial charge in [-0.25, -0.2) is 9.97 Å². The van der Waals surface area contributed by atoms with Crippen molar-refractivity contribution in [3.63, 3.8) is 0 Å². The first-order valence-corrected chi connectivity index (χ1v) is 15.6. The summed E-state index contributed by atoms with van der Waals surface area (Å²) < 4.78 is 4.25. The third-order valence-corrected chi connectivity index (χ3v) is 7.89. The van der Waals surface area contributed by atoms with Crippen LogP contribution in [-0.4, -0.2) is 57.6 Å². The van der Waals surface area contributed by atoms with Gasteiger partial charge in [-0.15, -0.1) is 0 Å². The molecule has 4 aromatic heterocycles. The van der Waals surface area contributed by atoms with Gasteiger partial charge in [-0.1, -0.05) is 25.8 Å². The van der Waals surface area contributed by atoms with E-state index in [1.807, 2.05) is 18.5 Å². The zero-order chi connectivity index (χ0) is 30.7. The number of H-pyrrole nitrogens is 2. The second-order valence-corrected chi connectivity index (χ2v) is 11.5. The molecule has 1 atom stereocenters. The van der Waals surface area contributed by atoms with Crippen LogP contribution in [0.3, 0.4) is 0 Å². The lowest BCUT2D eigenvalue weighted by Crippen LogP contribution is -2.17. The average molecular weight is 589 g/mol. The maximum Gasteiger partial charge on any atom is 0.0658 e. The fourth-order valence-electron chi connectivity index (χ4n) is 5.75. The van der Waals surface area contributed by atoms with Crippen LogP contribution in [0.2, 0.25) is 0 Å². The lowest BCUT2D eigenvalue weighted by molar-refractivity contribution is 0.277. The van der Waals surface area contributed by atoms with Crippen molar-refractivity contribution in [2.75, 3.05) is 27.8 Å². The van der Waals surface area contributed by atoms with E-state index in [4.69, 9.17) is 9.97 Å². The molecule has 0 aliphatic carbocycles. The normalized spacial score (nSPS) is 15.4. The van der Waals surface area contributed by atoms with Crippen LogP contribution in [0.1, 0.15) is 79.0 Å². The minimum absolute atomic E-state index is 0.610. The second kappa shape index (κ2) is 15.4. The minimum Gasteiger partial charge on any atom is -0.388 e. The number of rotatable bonds is 5. The molecule has 228 valence electrons. The molecule has 0 saturated carbocycles. The summed E-state index contributed by atoms with van der Waals surface area (Å²) in [6.45, 7) is 3.46. The Hall–Kier alpha value is -4.33. The predicted octanol–water partition coefficient (Wildman–Crippen LogP) is 8.50. The van der Waals surface area contributed by atoms with E-state index in [1.54, 1.807) is 14.2 Å². The number of hydrogen-bond donors (Lipinski definition) is 2.